The fraction of sp³-hybridized carbons (Fsp3) is 0.167. The summed E-state index contributed by atoms with van der Waals surface area (Å²) in [5, 5.41) is 2.55. The SMILES string of the molecule is CC(=O)Nc1cccc(C(=O)OCC(=O)c2ccc(NS(C)(=O)=O)cc2)c1. The Hall–Kier alpha value is -3.20. The van der Waals surface area contributed by atoms with Crippen LogP contribution in [-0.4, -0.2) is 38.9 Å². The van der Waals surface area contributed by atoms with Crippen molar-refractivity contribution in [3.8, 4) is 0 Å². The first-order chi connectivity index (χ1) is 12.6. The molecule has 0 aliphatic carbocycles. The Balaban J connectivity index is 1.96. The summed E-state index contributed by atoms with van der Waals surface area (Å²) in [4.78, 5) is 35.2. The van der Waals surface area contributed by atoms with Crippen molar-refractivity contribution >= 4 is 39.1 Å². The molecule has 0 saturated carbocycles. The summed E-state index contributed by atoms with van der Waals surface area (Å²) in [6.45, 7) is 0.877. The summed E-state index contributed by atoms with van der Waals surface area (Å²) in [7, 11) is -3.40. The number of esters is 1. The van der Waals surface area contributed by atoms with E-state index in [2.05, 4.69) is 10.0 Å². The van der Waals surface area contributed by atoms with E-state index >= 15 is 0 Å². The minimum atomic E-state index is -3.40. The number of nitrogens with one attached hydrogen (secondary N) is 2. The lowest BCUT2D eigenvalue weighted by Gasteiger charge is -2.07. The molecule has 142 valence electrons. The third-order valence-electron chi connectivity index (χ3n) is 3.26. The number of amides is 1. The van der Waals surface area contributed by atoms with Gasteiger partial charge < -0.3 is 10.1 Å². The Labute approximate surface area is 156 Å². The average Bonchev–Trinajstić information content (AvgIpc) is 2.58. The predicted molar refractivity (Wildman–Crippen MR) is 100 cm³/mol. The van der Waals surface area contributed by atoms with Crippen molar-refractivity contribution in [2.24, 2.45) is 0 Å². The third-order valence-corrected chi connectivity index (χ3v) is 3.87. The first-order valence-electron chi connectivity index (χ1n) is 7.80. The lowest BCUT2D eigenvalue weighted by atomic mass is 10.1. The second-order valence-corrected chi connectivity index (χ2v) is 7.46. The summed E-state index contributed by atoms with van der Waals surface area (Å²) in [6.07, 6.45) is 1.02. The largest absolute Gasteiger partial charge is 0.454 e. The minimum absolute atomic E-state index is 0.196. The summed E-state index contributed by atoms with van der Waals surface area (Å²) in [5.41, 5.74) is 1.23. The Morgan fingerprint density at radius 2 is 1.63 bits per heavy atom. The lowest BCUT2D eigenvalue weighted by molar-refractivity contribution is -0.114. The van der Waals surface area contributed by atoms with E-state index in [9.17, 15) is 22.8 Å². The predicted octanol–water partition coefficient (Wildman–Crippen LogP) is 2.06. The molecule has 0 atom stereocenters. The van der Waals surface area contributed by atoms with E-state index in [0.29, 0.717) is 11.4 Å². The van der Waals surface area contributed by atoms with E-state index in [-0.39, 0.29) is 17.0 Å². The molecule has 0 saturated heterocycles. The molecule has 0 spiro atoms. The van der Waals surface area contributed by atoms with Gasteiger partial charge in [-0.3, -0.25) is 14.3 Å². The topological polar surface area (TPSA) is 119 Å². The molecule has 2 aromatic rings. The van der Waals surface area contributed by atoms with Crippen molar-refractivity contribution in [3.63, 3.8) is 0 Å². The maximum Gasteiger partial charge on any atom is 0.338 e. The van der Waals surface area contributed by atoms with Gasteiger partial charge in [-0.1, -0.05) is 6.07 Å². The average molecular weight is 390 g/mol. The van der Waals surface area contributed by atoms with Crippen molar-refractivity contribution in [1.82, 2.24) is 0 Å². The third kappa shape index (κ3) is 6.55. The van der Waals surface area contributed by atoms with E-state index < -0.39 is 28.4 Å². The molecule has 0 aliphatic heterocycles. The van der Waals surface area contributed by atoms with Crippen LogP contribution in [0.1, 0.15) is 27.6 Å². The van der Waals surface area contributed by atoms with E-state index in [1.165, 1.54) is 43.3 Å². The van der Waals surface area contributed by atoms with Gasteiger partial charge in [0.25, 0.3) is 0 Å². The molecule has 2 N–H and O–H groups in total. The molecule has 0 unspecified atom stereocenters. The monoisotopic (exact) mass is 390 g/mol. The number of carbonyl (C=O) groups excluding carboxylic acids is 3. The normalized spacial score (nSPS) is 10.7. The van der Waals surface area contributed by atoms with Gasteiger partial charge in [0, 0.05) is 23.9 Å². The number of Topliss-reactive ketones (excluding diaryl/α,β-unsaturated/α-hetero) is 1. The van der Waals surface area contributed by atoms with Gasteiger partial charge in [-0.15, -0.1) is 0 Å². The van der Waals surface area contributed by atoms with Crippen molar-refractivity contribution in [2.75, 3.05) is 22.9 Å². The van der Waals surface area contributed by atoms with Crippen molar-refractivity contribution in [3.05, 3.63) is 59.7 Å². The highest BCUT2D eigenvalue weighted by Gasteiger charge is 2.13. The van der Waals surface area contributed by atoms with Gasteiger partial charge in [-0.05, 0) is 42.5 Å². The number of ether oxygens (including phenoxy) is 1. The first kappa shape index (κ1) is 20.1. The number of anilines is 2. The Morgan fingerprint density at radius 3 is 2.22 bits per heavy atom. The molecule has 1 amide bonds. The van der Waals surface area contributed by atoms with Crippen molar-refractivity contribution in [2.45, 2.75) is 6.92 Å². The zero-order valence-electron chi connectivity index (χ0n) is 14.7. The van der Waals surface area contributed by atoms with Gasteiger partial charge in [0.1, 0.15) is 0 Å². The van der Waals surface area contributed by atoms with E-state index in [0.717, 1.165) is 6.26 Å². The van der Waals surface area contributed by atoms with Gasteiger partial charge in [0.2, 0.25) is 15.9 Å². The number of benzene rings is 2. The first-order valence-corrected chi connectivity index (χ1v) is 9.69. The van der Waals surface area contributed by atoms with Crippen molar-refractivity contribution in [1.29, 1.82) is 0 Å². The zero-order chi connectivity index (χ0) is 20.0. The molecular weight excluding hydrogens is 372 g/mol. The van der Waals surface area contributed by atoms with Gasteiger partial charge in [0.05, 0.1) is 11.8 Å². The van der Waals surface area contributed by atoms with Crippen LogP contribution in [0, 0.1) is 0 Å². The van der Waals surface area contributed by atoms with Crippen LogP contribution in [0.2, 0.25) is 0 Å². The molecule has 2 rings (SSSR count). The van der Waals surface area contributed by atoms with Gasteiger partial charge in [-0.2, -0.15) is 0 Å². The molecule has 0 fully saturated rings. The minimum Gasteiger partial charge on any atom is -0.454 e. The Morgan fingerprint density at radius 1 is 0.963 bits per heavy atom. The number of hydrogen-bond acceptors (Lipinski definition) is 6. The molecule has 8 nitrogen and oxygen atoms in total. The summed E-state index contributed by atoms with van der Waals surface area (Å²) in [5.74, 6) is -1.41. The highest BCUT2D eigenvalue weighted by atomic mass is 32.2. The van der Waals surface area contributed by atoms with Crippen LogP contribution in [0.25, 0.3) is 0 Å². The van der Waals surface area contributed by atoms with E-state index in [4.69, 9.17) is 4.74 Å². The molecule has 0 radical (unpaired) electrons. The molecule has 9 heteroatoms. The maximum atomic E-state index is 12.1. The van der Waals surface area contributed by atoms with Crippen LogP contribution in [0.3, 0.4) is 0 Å². The fourth-order valence-corrected chi connectivity index (χ4v) is 2.73. The van der Waals surface area contributed by atoms with Crippen molar-refractivity contribution < 1.29 is 27.5 Å². The summed E-state index contributed by atoms with van der Waals surface area (Å²) in [6, 6.07) is 11.9. The van der Waals surface area contributed by atoms with E-state index in [1.807, 2.05) is 0 Å². The highest BCUT2D eigenvalue weighted by Crippen LogP contribution is 2.13. The number of carbonyl (C=O) groups is 3. The van der Waals surface area contributed by atoms with Crippen LogP contribution in [0.4, 0.5) is 11.4 Å². The van der Waals surface area contributed by atoms with Crippen LogP contribution >= 0.6 is 0 Å². The second-order valence-electron chi connectivity index (χ2n) is 5.71. The number of rotatable bonds is 7. The van der Waals surface area contributed by atoms with Gasteiger partial charge in [-0.25, -0.2) is 13.2 Å². The van der Waals surface area contributed by atoms with Crippen LogP contribution < -0.4 is 10.0 Å². The molecular formula is C18H18N2O6S. The molecule has 2 aromatic carbocycles. The lowest BCUT2D eigenvalue weighted by Crippen LogP contribution is -2.15. The van der Waals surface area contributed by atoms with Crippen LogP contribution in [-0.2, 0) is 19.6 Å². The smallest absolute Gasteiger partial charge is 0.338 e. The van der Waals surface area contributed by atoms with Gasteiger partial charge in [0.15, 0.2) is 12.4 Å². The molecule has 0 bridgehead atoms. The quantitative estimate of drug-likeness (QED) is 0.552. The second kappa shape index (κ2) is 8.45. The molecule has 0 heterocycles. The summed E-state index contributed by atoms with van der Waals surface area (Å²) < 4.78 is 29.6. The number of ketones is 1. The zero-order valence-corrected chi connectivity index (χ0v) is 15.5. The van der Waals surface area contributed by atoms with E-state index in [1.54, 1.807) is 12.1 Å². The fourth-order valence-electron chi connectivity index (χ4n) is 2.16. The molecule has 0 aliphatic rings. The number of sulfonamides is 1. The Bertz CT molecular complexity index is 968. The maximum absolute atomic E-state index is 12.1. The molecule has 0 aromatic heterocycles. The summed E-state index contributed by atoms with van der Waals surface area (Å²) >= 11 is 0. The molecule has 27 heavy (non-hydrogen) atoms. The van der Waals surface area contributed by atoms with Crippen LogP contribution in [0.5, 0.6) is 0 Å². The van der Waals surface area contributed by atoms with Gasteiger partial charge >= 0.3 is 5.97 Å². The Kier molecular flexibility index (Phi) is 6.30. The number of hydrogen-bond donors (Lipinski definition) is 2. The standard InChI is InChI=1S/C18H18N2O6S/c1-12(21)19-16-5-3-4-14(10-16)18(23)26-11-17(22)13-6-8-15(9-7-13)20-27(2,24)25/h3-10,20H,11H2,1-2H3,(H,19,21). The van der Waals surface area contributed by atoms with Crippen LogP contribution in [0.15, 0.2) is 48.5 Å². The highest BCUT2D eigenvalue weighted by molar-refractivity contribution is 7.92.